The van der Waals surface area contributed by atoms with E-state index < -0.39 is 6.09 Å². The van der Waals surface area contributed by atoms with Gasteiger partial charge in [0.25, 0.3) is 0 Å². The number of piperidine rings is 1. The fourth-order valence-electron chi connectivity index (χ4n) is 2.07. The zero-order chi connectivity index (χ0) is 12.3. The molecule has 0 radical (unpaired) electrons. The van der Waals surface area contributed by atoms with Gasteiger partial charge in [-0.1, -0.05) is 22.0 Å². The highest BCUT2D eigenvalue weighted by Crippen LogP contribution is 2.24. The second-order valence-electron chi connectivity index (χ2n) is 4.10. The molecule has 4 nitrogen and oxygen atoms in total. The molecular weight excluding hydrogens is 284 g/mol. The zero-order valence-electron chi connectivity index (χ0n) is 9.43. The SMILES string of the molecule is NC(=O)OC1CCN(c2cccc(Br)c2)CC1. The highest BCUT2D eigenvalue weighted by Gasteiger charge is 2.21. The van der Waals surface area contributed by atoms with Gasteiger partial charge in [-0.05, 0) is 18.2 Å². The largest absolute Gasteiger partial charge is 0.446 e. The molecule has 2 rings (SSSR count). The first-order valence-electron chi connectivity index (χ1n) is 5.62. The standard InChI is InChI=1S/C12H15BrN2O2/c13-9-2-1-3-10(8-9)15-6-4-11(5-7-15)17-12(14)16/h1-3,8,11H,4-7H2,(H2,14,16). The van der Waals surface area contributed by atoms with Gasteiger partial charge in [0.2, 0.25) is 0 Å². The van der Waals surface area contributed by atoms with Crippen LogP contribution in [0.5, 0.6) is 0 Å². The van der Waals surface area contributed by atoms with Gasteiger partial charge in [-0.25, -0.2) is 4.79 Å². The van der Waals surface area contributed by atoms with Gasteiger partial charge in [-0.2, -0.15) is 0 Å². The number of hydrogen-bond acceptors (Lipinski definition) is 3. The summed E-state index contributed by atoms with van der Waals surface area (Å²) in [6, 6.07) is 8.20. The number of ether oxygens (including phenoxy) is 1. The number of carbonyl (C=O) groups is 1. The average molecular weight is 299 g/mol. The summed E-state index contributed by atoms with van der Waals surface area (Å²) in [4.78, 5) is 12.9. The summed E-state index contributed by atoms with van der Waals surface area (Å²) in [6.07, 6.45) is 0.951. The third kappa shape index (κ3) is 3.36. The highest BCUT2D eigenvalue weighted by atomic mass is 79.9. The van der Waals surface area contributed by atoms with Crippen LogP contribution < -0.4 is 10.6 Å². The first-order valence-corrected chi connectivity index (χ1v) is 6.41. The lowest BCUT2D eigenvalue weighted by Crippen LogP contribution is -2.38. The fraction of sp³-hybridized carbons (Fsp3) is 0.417. The molecule has 0 aromatic heterocycles. The lowest BCUT2D eigenvalue weighted by molar-refractivity contribution is 0.0912. The molecule has 0 atom stereocenters. The Bertz CT molecular complexity index is 403. The van der Waals surface area contributed by atoms with Gasteiger partial charge in [0, 0.05) is 36.1 Å². The average Bonchev–Trinajstić information content (AvgIpc) is 2.29. The van der Waals surface area contributed by atoms with E-state index in [2.05, 4.69) is 33.0 Å². The maximum atomic E-state index is 10.6. The number of nitrogens with two attached hydrogens (primary N) is 1. The molecule has 0 bridgehead atoms. The van der Waals surface area contributed by atoms with Gasteiger partial charge < -0.3 is 15.4 Å². The summed E-state index contributed by atoms with van der Waals surface area (Å²) in [7, 11) is 0. The number of carbonyl (C=O) groups excluding carboxylic acids is 1. The van der Waals surface area contributed by atoms with Crippen molar-refractivity contribution in [3.05, 3.63) is 28.7 Å². The van der Waals surface area contributed by atoms with E-state index in [0.29, 0.717) is 0 Å². The van der Waals surface area contributed by atoms with E-state index in [9.17, 15) is 4.79 Å². The van der Waals surface area contributed by atoms with Crippen LogP contribution in [0.4, 0.5) is 10.5 Å². The number of amides is 1. The Morgan fingerprint density at radius 2 is 2.12 bits per heavy atom. The number of anilines is 1. The quantitative estimate of drug-likeness (QED) is 0.913. The third-order valence-corrected chi connectivity index (χ3v) is 3.39. The summed E-state index contributed by atoms with van der Waals surface area (Å²) in [5.41, 5.74) is 6.20. The van der Waals surface area contributed by atoms with Crippen molar-refractivity contribution < 1.29 is 9.53 Å². The lowest BCUT2D eigenvalue weighted by Gasteiger charge is -2.33. The number of primary amides is 1. The molecule has 0 unspecified atom stereocenters. The molecule has 2 N–H and O–H groups in total. The van der Waals surface area contributed by atoms with Crippen molar-refractivity contribution in [2.24, 2.45) is 5.73 Å². The van der Waals surface area contributed by atoms with E-state index in [0.717, 1.165) is 30.4 Å². The van der Waals surface area contributed by atoms with E-state index in [1.165, 1.54) is 5.69 Å². The Morgan fingerprint density at radius 3 is 2.71 bits per heavy atom. The molecule has 92 valence electrons. The molecule has 1 aliphatic heterocycles. The predicted octanol–water partition coefficient (Wildman–Crippen LogP) is 2.51. The summed E-state index contributed by atoms with van der Waals surface area (Å²) >= 11 is 3.46. The minimum absolute atomic E-state index is 0.0316. The van der Waals surface area contributed by atoms with Gasteiger partial charge in [0.15, 0.2) is 0 Å². The maximum absolute atomic E-state index is 10.6. The maximum Gasteiger partial charge on any atom is 0.404 e. The van der Waals surface area contributed by atoms with Gasteiger partial charge in [0.1, 0.15) is 6.10 Å². The highest BCUT2D eigenvalue weighted by molar-refractivity contribution is 9.10. The minimum atomic E-state index is -0.675. The Morgan fingerprint density at radius 1 is 1.41 bits per heavy atom. The minimum Gasteiger partial charge on any atom is -0.446 e. The van der Waals surface area contributed by atoms with E-state index >= 15 is 0 Å². The van der Waals surface area contributed by atoms with Crippen LogP contribution in [-0.4, -0.2) is 25.3 Å². The first-order chi connectivity index (χ1) is 8.15. The molecule has 5 heteroatoms. The van der Waals surface area contributed by atoms with E-state index in [4.69, 9.17) is 10.5 Å². The zero-order valence-corrected chi connectivity index (χ0v) is 11.0. The van der Waals surface area contributed by atoms with Gasteiger partial charge in [-0.15, -0.1) is 0 Å². The lowest BCUT2D eigenvalue weighted by atomic mass is 10.1. The molecule has 1 aromatic rings. The number of rotatable bonds is 2. The van der Waals surface area contributed by atoms with Gasteiger partial charge in [0.05, 0.1) is 0 Å². The van der Waals surface area contributed by atoms with E-state index in [1.54, 1.807) is 0 Å². The van der Waals surface area contributed by atoms with E-state index in [-0.39, 0.29) is 6.10 Å². The molecular formula is C12H15BrN2O2. The number of hydrogen-bond donors (Lipinski definition) is 1. The molecule has 0 spiro atoms. The molecule has 1 amide bonds. The molecule has 1 fully saturated rings. The fourth-order valence-corrected chi connectivity index (χ4v) is 2.46. The van der Waals surface area contributed by atoms with Crippen LogP contribution in [0.25, 0.3) is 0 Å². The molecule has 0 aliphatic carbocycles. The van der Waals surface area contributed by atoms with Crippen molar-refractivity contribution in [3.8, 4) is 0 Å². The smallest absolute Gasteiger partial charge is 0.404 e. The predicted molar refractivity (Wildman–Crippen MR) is 70.0 cm³/mol. The third-order valence-electron chi connectivity index (χ3n) is 2.90. The Labute approximate surface area is 109 Å². The summed E-state index contributed by atoms with van der Waals surface area (Å²) < 4.78 is 6.08. The van der Waals surface area contributed by atoms with E-state index in [1.807, 2.05) is 12.1 Å². The van der Waals surface area contributed by atoms with Gasteiger partial charge in [-0.3, -0.25) is 0 Å². The second kappa shape index (κ2) is 5.40. The van der Waals surface area contributed by atoms with Crippen LogP contribution in [0.3, 0.4) is 0 Å². The topological polar surface area (TPSA) is 55.6 Å². The number of benzene rings is 1. The van der Waals surface area contributed by atoms with Crippen LogP contribution in [0.1, 0.15) is 12.8 Å². The summed E-state index contributed by atoms with van der Waals surface area (Å²) in [6.45, 7) is 1.77. The molecule has 17 heavy (non-hydrogen) atoms. The van der Waals surface area contributed by atoms with Crippen LogP contribution in [0.2, 0.25) is 0 Å². The molecule has 1 aliphatic rings. The molecule has 1 heterocycles. The molecule has 1 saturated heterocycles. The number of halogens is 1. The second-order valence-corrected chi connectivity index (χ2v) is 5.02. The van der Waals surface area contributed by atoms with Crippen LogP contribution >= 0.6 is 15.9 Å². The molecule has 1 aromatic carbocycles. The monoisotopic (exact) mass is 298 g/mol. The van der Waals surface area contributed by atoms with Gasteiger partial charge >= 0.3 is 6.09 Å². The number of nitrogens with zero attached hydrogens (tertiary/aromatic N) is 1. The van der Waals surface area contributed by atoms with Crippen molar-refractivity contribution in [3.63, 3.8) is 0 Å². The van der Waals surface area contributed by atoms with Crippen LogP contribution in [0, 0.1) is 0 Å². The normalized spacial score (nSPS) is 16.9. The molecule has 0 saturated carbocycles. The van der Waals surface area contributed by atoms with Crippen molar-refractivity contribution >= 4 is 27.7 Å². The van der Waals surface area contributed by atoms with Crippen LogP contribution in [-0.2, 0) is 4.74 Å². The van der Waals surface area contributed by atoms with Crippen molar-refractivity contribution in [1.29, 1.82) is 0 Å². The summed E-state index contributed by atoms with van der Waals surface area (Å²) in [5, 5.41) is 0. The van der Waals surface area contributed by atoms with Crippen molar-refractivity contribution in [2.45, 2.75) is 18.9 Å². The van der Waals surface area contributed by atoms with Crippen molar-refractivity contribution in [2.75, 3.05) is 18.0 Å². The summed E-state index contributed by atoms with van der Waals surface area (Å²) in [5.74, 6) is 0. The Balaban J connectivity index is 1.93. The van der Waals surface area contributed by atoms with Crippen LogP contribution in [0.15, 0.2) is 28.7 Å². The Hall–Kier alpha value is -1.23. The Kier molecular flexibility index (Phi) is 3.89. The first kappa shape index (κ1) is 12.2. The van der Waals surface area contributed by atoms with Crippen molar-refractivity contribution in [1.82, 2.24) is 0 Å².